The first-order valence-electron chi connectivity index (χ1n) is 3.90. The number of rotatable bonds is 1. The molecule has 0 aromatic rings. The third-order valence-corrected chi connectivity index (χ3v) is 3.11. The van der Waals surface area contributed by atoms with Crippen LogP contribution < -0.4 is 0 Å². The molecular formula is C7H10FNO2. The van der Waals surface area contributed by atoms with Crippen molar-refractivity contribution in [1.29, 1.82) is 0 Å². The Bertz CT molecular complexity index is 208. The van der Waals surface area contributed by atoms with Crippen molar-refractivity contribution in [3.05, 3.63) is 10.1 Å². The maximum atomic E-state index is 13.4. The molecule has 62 valence electrons. The highest BCUT2D eigenvalue weighted by Crippen LogP contribution is 2.54. The second-order valence-corrected chi connectivity index (χ2v) is 3.81. The fraction of sp³-hybridized carbons (Fsp3) is 1.00. The van der Waals surface area contributed by atoms with Gasteiger partial charge in [-0.05, 0) is 12.8 Å². The highest BCUT2D eigenvalue weighted by molar-refractivity contribution is 5.06. The highest BCUT2D eigenvalue weighted by Gasteiger charge is 2.62. The zero-order valence-corrected chi connectivity index (χ0v) is 6.18. The van der Waals surface area contributed by atoms with Crippen molar-refractivity contribution >= 4 is 0 Å². The van der Waals surface area contributed by atoms with Crippen LogP contribution in [0.15, 0.2) is 0 Å². The van der Waals surface area contributed by atoms with Crippen LogP contribution in [-0.2, 0) is 0 Å². The highest BCUT2D eigenvalue weighted by atomic mass is 19.1. The fourth-order valence-electron chi connectivity index (χ4n) is 2.35. The van der Waals surface area contributed by atoms with Gasteiger partial charge in [0.1, 0.15) is 5.67 Å². The van der Waals surface area contributed by atoms with Crippen LogP contribution in [0.2, 0.25) is 0 Å². The van der Waals surface area contributed by atoms with Crippen molar-refractivity contribution in [3.63, 3.8) is 0 Å². The van der Waals surface area contributed by atoms with Crippen molar-refractivity contribution in [2.45, 2.75) is 43.3 Å². The average molecular weight is 159 g/mol. The van der Waals surface area contributed by atoms with Crippen molar-refractivity contribution in [2.24, 2.45) is 0 Å². The van der Waals surface area contributed by atoms with Crippen LogP contribution in [0.25, 0.3) is 0 Å². The number of nitro groups is 1. The molecule has 2 aliphatic carbocycles. The lowest BCUT2D eigenvalue weighted by Crippen LogP contribution is -2.32. The van der Waals surface area contributed by atoms with Crippen molar-refractivity contribution in [1.82, 2.24) is 0 Å². The van der Waals surface area contributed by atoms with E-state index in [2.05, 4.69) is 0 Å². The lowest BCUT2D eigenvalue weighted by Gasteiger charge is -2.16. The summed E-state index contributed by atoms with van der Waals surface area (Å²) < 4.78 is 13.4. The van der Waals surface area contributed by atoms with E-state index in [9.17, 15) is 14.5 Å². The number of nitrogens with zero attached hydrogens (tertiary/aromatic N) is 1. The molecule has 2 fully saturated rings. The topological polar surface area (TPSA) is 43.1 Å². The summed E-state index contributed by atoms with van der Waals surface area (Å²) in [6.07, 6.45) is 1.84. The summed E-state index contributed by atoms with van der Waals surface area (Å²) in [6.45, 7) is 0. The Morgan fingerprint density at radius 1 is 1.27 bits per heavy atom. The predicted octanol–water partition coefficient (Wildman–Crippen LogP) is 1.69. The molecule has 0 atom stereocenters. The Hall–Kier alpha value is -0.670. The minimum Gasteiger partial charge on any atom is -0.264 e. The van der Waals surface area contributed by atoms with E-state index >= 15 is 0 Å². The average Bonchev–Trinajstić information content (AvgIpc) is 2.42. The minimum absolute atomic E-state index is 0.160. The standard InChI is InChI=1S/C7H10FNO2/c8-6-1-3-7(5-6,4-2-6)9(10)11/h1-5H2. The number of fused-ring (bicyclic) bond motifs is 2. The van der Waals surface area contributed by atoms with E-state index in [1.54, 1.807) is 0 Å². The van der Waals surface area contributed by atoms with E-state index < -0.39 is 11.2 Å². The van der Waals surface area contributed by atoms with E-state index in [0.717, 1.165) is 0 Å². The van der Waals surface area contributed by atoms with Gasteiger partial charge >= 0.3 is 0 Å². The number of hydrogen-bond donors (Lipinski definition) is 0. The van der Waals surface area contributed by atoms with Gasteiger partial charge in [0.25, 0.3) is 0 Å². The Balaban J connectivity index is 2.27. The van der Waals surface area contributed by atoms with Gasteiger partial charge in [-0.1, -0.05) is 0 Å². The van der Waals surface area contributed by atoms with Crippen LogP contribution in [0.3, 0.4) is 0 Å². The molecule has 0 aromatic carbocycles. The lowest BCUT2D eigenvalue weighted by molar-refractivity contribution is -0.567. The van der Waals surface area contributed by atoms with Gasteiger partial charge < -0.3 is 0 Å². The van der Waals surface area contributed by atoms with Crippen LogP contribution in [0.5, 0.6) is 0 Å². The van der Waals surface area contributed by atoms with E-state index in [4.69, 9.17) is 0 Å². The monoisotopic (exact) mass is 159 g/mol. The zero-order chi connectivity index (χ0) is 8.11. The fourth-order valence-corrected chi connectivity index (χ4v) is 2.35. The second-order valence-electron chi connectivity index (χ2n) is 3.81. The summed E-state index contributed by atoms with van der Waals surface area (Å²) in [7, 11) is 0. The molecule has 0 N–H and O–H groups in total. The van der Waals surface area contributed by atoms with Crippen LogP contribution in [0.1, 0.15) is 32.1 Å². The van der Waals surface area contributed by atoms with Gasteiger partial charge in [0, 0.05) is 17.8 Å². The maximum absolute atomic E-state index is 13.4. The Kier molecular flexibility index (Phi) is 1.10. The number of halogens is 1. The zero-order valence-electron chi connectivity index (χ0n) is 6.18. The van der Waals surface area contributed by atoms with Crippen molar-refractivity contribution < 1.29 is 9.31 Å². The van der Waals surface area contributed by atoms with Gasteiger partial charge in [-0.15, -0.1) is 0 Å². The Morgan fingerprint density at radius 3 is 2.00 bits per heavy atom. The number of alkyl halides is 1. The Morgan fingerprint density at radius 2 is 1.82 bits per heavy atom. The van der Waals surface area contributed by atoms with Gasteiger partial charge in [-0.3, -0.25) is 10.1 Å². The van der Waals surface area contributed by atoms with Gasteiger partial charge in [-0.2, -0.15) is 0 Å². The van der Waals surface area contributed by atoms with Crippen molar-refractivity contribution in [3.8, 4) is 0 Å². The Labute approximate surface area is 63.7 Å². The third-order valence-electron chi connectivity index (χ3n) is 3.11. The molecule has 3 nitrogen and oxygen atoms in total. The van der Waals surface area contributed by atoms with E-state index in [1.807, 2.05) is 0 Å². The SMILES string of the molecule is O=[N+]([O-])C12CCC(F)(CC1)C2. The van der Waals surface area contributed by atoms with Gasteiger partial charge in [0.05, 0.1) is 6.42 Å². The van der Waals surface area contributed by atoms with Crippen LogP contribution in [-0.4, -0.2) is 16.1 Å². The first-order valence-corrected chi connectivity index (χ1v) is 3.90. The molecule has 0 unspecified atom stereocenters. The summed E-state index contributed by atoms with van der Waals surface area (Å²) in [5.74, 6) is 0. The van der Waals surface area contributed by atoms with Crippen LogP contribution in [0, 0.1) is 10.1 Å². The molecule has 2 aliphatic rings. The molecule has 0 amide bonds. The molecule has 0 saturated heterocycles. The summed E-state index contributed by atoms with van der Waals surface area (Å²) in [5, 5.41) is 10.6. The minimum atomic E-state index is -1.19. The molecule has 2 bridgehead atoms. The smallest absolute Gasteiger partial charge is 0.225 e. The van der Waals surface area contributed by atoms with E-state index in [0.29, 0.717) is 25.7 Å². The molecule has 0 aliphatic heterocycles. The number of hydrogen-bond acceptors (Lipinski definition) is 2. The van der Waals surface area contributed by atoms with Crippen LogP contribution >= 0.6 is 0 Å². The van der Waals surface area contributed by atoms with Crippen LogP contribution in [0.4, 0.5) is 4.39 Å². The van der Waals surface area contributed by atoms with Gasteiger partial charge in [-0.25, -0.2) is 4.39 Å². The molecule has 0 heterocycles. The first kappa shape index (κ1) is 7.00. The first-order chi connectivity index (χ1) is 5.06. The third kappa shape index (κ3) is 0.781. The summed E-state index contributed by atoms with van der Waals surface area (Å²) >= 11 is 0. The molecule has 0 radical (unpaired) electrons. The predicted molar refractivity (Wildman–Crippen MR) is 36.6 cm³/mol. The normalized spacial score (nSPS) is 48.1. The molecule has 2 rings (SSSR count). The van der Waals surface area contributed by atoms with E-state index in [-0.39, 0.29) is 11.3 Å². The molecule has 11 heavy (non-hydrogen) atoms. The second kappa shape index (κ2) is 1.73. The maximum Gasteiger partial charge on any atom is 0.225 e. The molecule has 0 spiro atoms. The lowest BCUT2D eigenvalue weighted by atomic mass is 9.94. The molecule has 4 heteroatoms. The quantitative estimate of drug-likeness (QED) is 0.431. The summed E-state index contributed by atoms with van der Waals surface area (Å²) in [6, 6.07) is 0. The summed E-state index contributed by atoms with van der Waals surface area (Å²) in [4.78, 5) is 10.3. The largest absolute Gasteiger partial charge is 0.264 e. The molecular weight excluding hydrogens is 149 g/mol. The van der Waals surface area contributed by atoms with Gasteiger partial charge in [0.15, 0.2) is 0 Å². The van der Waals surface area contributed by atoms with E-state index in [1.165, 1.54) is 0 Å². The van der Waals surface area contributed by atoms with Crippen molar-refractivity contribution in [2.75, 3.05) is 0 Å². The van der Waals surface area contributed by atoms with Gasteiger partial charge in [0.2, 0.25) is 5.54 Å². The molecule has 0 aromatic heterocycles. The molecule has 2 saturated carbocycles. The summed E-state index contributed by atoms with van der Waals surface area (Å²) in [5.41, 5.74) is -2.07.